The first kappa shape index (κ1) is 15.3. The number of rotatable bonds is 6. The van der Waals surface area contributed by atoms with Gasteiger partial charge in [-0.1, -0.05) is 25.4 Å². The summed E-state index contributed by atoms with van der Waals surface area (Å²) < 4.78 is 2.24. The average Bonchev–Trinajstić information content (AvgIpc) is 2.80. The van der Waals surface area contributed by atoms with Gasteiger partial charge in [0, 0.05) is 17.6 Å². The van der Waals surface area contributed by atoms with Crippen molar-refractivity contribution in [2.24, 2.45) is 5.73 Å². The van der Waals surface area contributed by atoms with E-state index in [0.29, 0.717) is 6.54 Å². The van der Waals surface area contributed by atoms with Crippen LogP contribution in [-0.4, -0.2) is 34.1 Å². The van der Waals surface area contributed by atoms with Crippen LogP contribution in [0.5, 0.6) is 0 Å². The molecule has 0 fully saturated rings. The van der Waals surface area contributed by atoms with Crippen LogP contribution in [0.25, 0.3) is 11.0 Å². The molecule has 1 atom stereocenters. The van der Waals surface area contributed by atoms with E-state index in [2.05, 4.69) is 30.2 Å². The molecule has 0 bridgehead atoms. The van der Waals surface area contributed by atoms with Gasteiger partial charge in [0.2, 0.25) is 0 Å². The fraction of sp³-hybridized carbons (Fsp3) is 0.533. The summed E-state index contributed by atoms with van der Waals surface area (Å²) in [5.74, 6) is 1.06. The second kappa shape index (κ2) is 6.57. The summed E-state index contributed by atoms with van der Waals surface area (Å²) in [6.45, 7) is 9.92. The Morgan fingerprint density at radius 3 is 2.65 bits per heavy atom. The molecule has 1 aromatic heterocycles. The molecule has 0 saturated heterocycles. The Morgan fingerprint density at radius 1 is 1.35 bits per heavy atom. The zero-order chi connectivity index (χ0) is 14.7. The summed E-state index contributed by atoms with van der Waals surface area (Å²) in [5, 5.41) is 0.719. The Morgan fingerprint density at radius 2 is 2.05 bits per heavy atom. The highest BCUT2D eigenvalue weighted by molar-refractivity contribution is 6.31. The third-order valence-corrected chi connectivity index (χ3v) is 4.00. The van der Waals surface area contributed by atoms with Crippen LogP contribution in [-0.2, 0) is 6.54 Å². The van der Waals surface area contributed by atoms with Gasteiger partial charge in [-0.25, -0.2) is 4.98 Å². The monoisotopic (exact) mass is 294 g/mol. The van der Waals surface area contributed by atoms with Crippen molar-refractivity contribution in [2.75, 3.05) is 19.6 Å². The molecule has 2 rings (SSSR count). The van der Waals surface area contributed by atoms with Gasteiger partial charge in [-0.3, -0.25) is 4.90 Å². The fourth-order valence-corrected chi connectivity index (χ4v) is 2.64. The van der Waals surface area contributed by atoms with Crippen molar-refractivity contribution in [1.82, 2.24) is 14.5 Å². The topological polar surface area (TPSA) is 47.1 Å². The lowest BCUT2D eigenvalue weighted by molar-refractivity contribution is 0.281. The molecule has 110 valence electrons. The summed E-state index contributed by atoms with van der Waals surface area (Å²) in [6, 6.07) is 6.09. The molecule has 5 heteroatoms. The van der Waals surface area contributed by atoms with Crippen LogP contribution in [0.15, 0.2) is 18.2 Å². The van der Waals surface area contributed by atoms with Crippen LogP contribution < -0.4 is 5.73 Å². The standard InChI is InChI=1S/C15H23ClN4/c1-4-19(5-2)10-15-18-13-8-12(16)6-7-14(13)20(15)11(3)9-17/h6-8,11H,4-5,9-10,17H2,1-3H3. The Kier molecular flexibility index (Phi) is 5.02. The molecular weight excluding hydrogens is 272 g/mol. The molecular formula is C15H23ClN4. The zero-order valence-corrected chi connectivity index (χ0v) is 13.2. The van der Waals surface area contributed by atoms with Gasteiger partial charge >= 0.3 is 0 Å². The minimum atomic E-state index is 0.228. The number of fused-ring (bicyclic) bond motifs is 1. The molecule has 0 amide bonds. The van der Waals surface area contributed by atoms with Crippen molar-refractivity contribution in [3.63, 3.8) is 0 Å². The third-order valence-electron chi connectivity index (χ3n) is 3.77. The van der Waals surface area contributed by atoms with Crippen LogP contribution in [0.1, 0.15) is 32.6 Å². The average molecular weight is 295 g/mol. The van der Waals surface area contributed by atoms with E-state index >= 15 is 0 Å². The van der Waals surface area contributed by atoms with Crippen LogP contribution in [0.4, 0.5) is 0 Å². The number of nitrogens with zero attached hydrogens (tertiary/aromatic N) is 3. The van der Waals surface area contributed by atoms with Crippen LogP contribution >= 0.6 is 11.6 Å². The number of nitrogens with two attached hydrogens (primary N) is 1. The molecule has 1 heterocycles. The summed E-state index contributed by atoms with van der Waals surface area (Å²) in [7, 11) is 0. The Hall–Kier alpha value is -1.10. The molecule has 0 spiro atoms. The first-order valence-electron chi connectivity index (χ1n) is 7.19. The van der Waals surface area contributed by atoms with Crippen molar-refractivity contribution in [3.05, 3.63) is 29.0 Å². The lowest BCUT2D eigenvalue weighted by atomic mass is 10.2. The van der Waals surface area contributed by atoms with E-state index in [9.17, 15) is 0 Å². The van der Waals surface area contributed by atoms with E-state index in [4.69, 9.17) is 22.3 Å². The molecule has 0 radical (unpaired) electrons. The quantitative estimate of drug-likeness (QED) is 0.891. The number of hydrogen-bond donors (Lipinski definition) is 1. The van der Waals surface area contributed by atoms with Gasteiger partial charge in [0.05, 0.1) is 17.6 Å². The number of imidazole rings is 1. The molecule has 20 heavy (non-hydrogen) atoms. The fourth-order valence-electron chi connectivity index (χ4n) is 2.48. The van der Waals surface area contributed by atoms with Gasteiger partial charge in [0.1, 0.15) is 5.82 Å². The Balaban J connectivity index is 2.51. The zero-order valence-electron chi connectivity index (χ0n) is 12.4. The third kappa shape index (κ3) is 2.97. The molecule has 0 saturated carbocycles. The van der Waals surface area contributed by atoms with Crippen LogP contribution in [0, 0.1) is 0 Å². The Bertz CT molecular complexity index is 575. The highest BCUT2D eigenvalue weighted by Crippen LogP contribution is 2.24. The maximum Gasteiger partial charge on any atom is 0.124 e. The van der Waals surface area contributed by atoms with Crippen molar-refractivity contribution in [2.45, 2.75) is 33.4 Å². The maximum absolute atomic E-state index is 6.07. The van der Waals surface area contributed by atoms with Crippen molar-refractivity contribution in [3.8, 4) is 0 Å². The lowest BCUT2D eigenvalue weighted by Crippen LogP contribution is -2.26. The first-order valence-corrected chi connectivity index (χ1v) is 7.57. The normalized spacial score (nSPS) is 13.3. The molecule has 0 aliphatic carbocycles. The molecule has 0 aliphatic rings. The second-order valence-electron chi connectivity index (χ2n) is 5.08. The van der Waals surface area contributed by atoms with E-state index in [0.717, 1.165) is 41.5 Å². The largest absolute Gasteiger partial charge is 0.328 e. The molecule has 4 nitrogen and oxygen atoms in total. The summed E-state index contributed by atoms with van der Waals surface area (Å²) >= 11 is 6.07. The predicted molar refractivity (Wildman–Crippen MR) is 85.1 cm³/mol. The molecule has 2 aromatic rings. The summed E-state index contributed by atoms with van der Waals surface area (Å²) in [6.07, 6.45) is 0. The Labute approximate surface area is 125 Å². The minimum Gasteiger partial charge on any atom is -0.328 e. The van der Waals surface area contributed by atoms with Gasteiger partial charge < -0.3 is 10.3 Å². The van der Waals surface area contributed by atoms with Crippen molar-refractivity contribution < 1.29 is 0 Å². The van der Waals surface area contributed by atoms with Crippen LogP contribution in [0.2, 0.25) is 5.02 Å². The first-order chi connectivity index (χ1) is 9.60. The van der Waals surface area contributed by atoms with Crippen LogP contribution in [0.3, 0.4) is 0 Å². The lowest BCUT2D eigenvalue weighted by Gasteiger charge is -2.21. The van der Waals surface area contributed by atoms with Gasteiger partial charge in [-0.15, -0.1) is 0 Å². The highest BCUT2D eigenvalue weighted by atomic mass is 35.5. The van der Waals surface area contributed by atoms with E-state index < -0.39 is 0 Å². The number of halogens is 1. The van der Waals surface area contributed by atoms with E-state index in [1.165, 1.54) is 0 Å². The molecule has 1 unspecified atom stereocenters. The van der Waals surface area contributed by atoms with E-state index in [1.54, 1.807) is 0 Å². The van der Waals surface area contributed by atoms with Crippen molar-refractivity contribution >= 4 is 22.6 Å². The number of aromatic nitrogens is 2. The molecule has 1 aromatic carbocycles. The summed E-state index contributed by atoms with van der Waals surface area (Å²) in [4.78, 5) is 7.11. The van der Waals surface area contributed by atoms with Gasteiger partial charge in [0.15, 0.2) is 0 Å². The predicted octanol–water partition coefficient (Wildman–Crippen LogP) is 3.05. The molecule has 2 N–H and O–H groups in total. The number of hydrogen-bond acceptors (Lipinski definition) is 3. The summed E-state index contributed by atoms with van der Waals surface area (Å²) in [5.41, 5.74) is 7.91. The molecule has 0 aliphatic heterocycles. The SMILES string of the molecule is CCN(CC)Cc1nc2cc(Cl)ccc2n1C(C)CN. The minimum absolute atomic E-state index is 0.228. The van der Waals surface area contributed by atoms with Gasteiger partial charge in [0.25, 0.3) is 0 Å². The van der Waals surface area contributed by atoms with E-state index in [1.807, 2.05) is 18.2 Å². The maximum atomic E-state index is 6.07. The van der Waals surface area contributed by atoms with Gasteiger partial charge in [-0.2, -0.15) is 0 Å². The van der Waals surface area contributed by atoms with E-state index in [-0.39, 0.29) is 6.04 Å². The smallest absolute Gasteiger partial charge is 0.124 e. The van der Waals surface area contributed by atoms with Crippen molar-refractivity contribution in [1.29, 1.82) is 0 Å². The second-order valence-corrected chi connectivity index (χ2v) is 5.51. The number of benzene rings is 1. The highest BCUT2D eigenvalue weighted by Gasteiger charge is 2.16. The van der Waals surface area contributed by atoms with Gasteiger partial charge in [-0.05, 0) is 38.2 Å².